The van der Waals surface area contributed by atoms with Gasteiger partial charge in [-0.1, -0.05) is 0 Å². The second-order valence-corrected chi connectivity index (χ2v) is 7.35. The maximum Gasteiger partial charge on any atom is 0.248 e. The van der Waals surface area contributed by atoms with Crippen molar-refractivity contribution < 1.29 is 22.7 Å². The highest BCUT2D eigenvalue weighted by Gasteiger charge is 2.26. The highest BCUT2D eigenvalue weighted by Crippen LogP contribution is 2.25. The van der Waals surface area contributed by atoms with Gasteiger partial charge in [-0.3, -0.25) is 4.79 Å². The zero-order chi connectivity index (χ0) is 17.2. The first-order chi connectivity index (χ1) is 10.7. The topological polar surface area (TPSA) is 84.9 Å². The van der Waals surface area contributed by atoms with E-state index in [4.69, 9.17) is 9.47 Å². The molecule has 7 nitrogen and oxygen atoms in total. The van der Waals surface area contributed by atoms with Crippen LogP contribution < -0.4 is 9.46 Å². The van der Waals surface area contributed by atoms with Crippen LogP contribution >= 0.6 is 0 Å². The molecule has 0 aliphatic carbocycles. The van der Waals surface area contributed by atoms with E-state index in [0.717, 1.165) is 0 Å². The van der Waals surface area contributed by atoms with E-state index in [1.165, 1.54) is 4.90 Å². The van der Waals surface area contributed by atoms with Gasteiger partial charge >= 0.3 is 0 Å². The number of benzene rings is 1. The Morgan fingerprint density at radius 1 is 1.35 bits per heavy atom. The van der Waals surface area contributed by atoms with E-state index in [1.807, 2.05) is 0 Å². The number of hydrogen-bond acceptors (Lipinski definition) is 5. The summed E-state index contributed by atoms with van der Waals surface area (Å²) in [6.07, 6.45) is -0.355. The van der Waals surface area contributed by atoms with Crippen LogP contribution in [0.3, 0.4) is 0 Å². The van der Waals surface area contributed by atoms with Gasteiger partial charge < -0.3 is 14.4 Å². The van der Waals surface area contributed by atoms with Crippen molar-refractivity contribution in [3.05, 3.63) is 23.3 Å². The molecule has 1 amide bonds. The highest BCUT2D eigenvalue weighted by atomic mass is 32.2. The molecule has 1 saturated heterocycles. The van der Waals surface area contributed by atoms with Gasteiger partial charge in [-0.2, -0.15) is 0 Å². The number of ether oxygens (including phenoxy) is 2. The Labute approximate surface area is 136 Å². The Balaban J connectivity index is 2.12. The summed E-state index contributed by atoms with van der Waals surface area (Å²) in [5.74, 6) is 0.514. The summed E-state index contributed by atoms with van der Waals surface area (Å²) in [6, 6.07) is 3.37. The number of nitrogens with zero attached hydrogens (tertiary/aromatic N) is 1. The molecule has 0 spiro atoms. The van der Waals surface area contributed by atoms with Gasteiger partial charge in [-0.05, 0) is 37.1 Å². The number of rotatable bonds is 5. The third kappa shape index (κ3) is 4.01. The van der Waals surface area contributed by atoms with E-state index in [-0.39, 0.29) is 30.1 Å². The summed E-state index contributed by atoms with van der Waals surface area (Å²) in [6.45, 7) is 3.91. The molecule has 8 heteroatoms. The number of carbonyl (C=O) groups excluding carboxylic acids is 1. The number of sulfonamides is 1. The fourth-order valence-corrected chi connectivity index (χ4v) is 4.13. The first-order valence-electron chi connectivity index (χ1n) is 7.25. The monoisotopic (exact) mass is 342 g/mol. The lowest BCUT2D eigenvalue weighted by Crippen LogP contribution is -2.48. The SMILES string of the molecule is COc1cc(C)c(S(=O)(=O)NCC2CN(C)C(=O)CO2)c(C)c1. The molecule has 1 aromatic carbocycles. The van der Waals surface area contributed by atoms with E-state index in [0.29, 0.717) is 23.4 Å². The van der Waals surface area contributed by atoms with Crippen molar-refractivity contribution in [2.45, 2.75) is 24.8 Å². The predicted octanol–water partition coefficient (Wildman–Crippen LogP) is 0.448. The summed E-state index contributed by atoms with van der Waals surface area (Å²) in [4.78, 5) is 13.1. The van der Waals surface area contributed by atoms with Crippen LogP contribution in [-0.4, -0.2) is 59.2 Å². The van der Waals surface area contributed by atoms with Gasteiger partial charge in [-0.25, -0.2) is 13.1 Å². The van der Waals surface area contributed by atoms with Gasteiger partial charge in [0.05, 0.1) is 18.1 Å². The number of hydrogen-bond donors (Lipinski definition) is 1. The number of methoxy groups -OCH3 is 1. The molecule has 1 heterocycles. The molecule has 2 rings (SSSR count). The lowest BCUT2D eigenvalue weighted by molar-refractivity contribution is -0.146. The Morgan fingerprint density at radius 3 is 2.48 bits per heavy atom. The Hall–Kier alpha value is -1.64. The zero-order valence-corrected chi connectivity index (χ0v) is 14.6. The molecule has 1 aromatic rings. The molecule has 1 fully saturated rings. The molecule has 23 heavy (non-hydrogen) atoms. The largest absolute Gasteiger partial charge is 0.497 e. The minimum atomic E-state index is -3.67. The van der Waals surface area contributed by atoms with E-state index < -0.39 is 10.0 Å². The van der Waals surface area contributed by atoms with E-state index >= 15 is 0 Å². The molecule has 1 aliphatic heterocycles. The number of amides is 1. The van der Waals surface area contributed by atoms with Crippen molar-refractivity contribution in [2.24, 2.45) is 0 Å². The van der Waals surface area contributed by atoms with Crippen LogP contribution in [-0.2, 0) is 19.6 Å². The van der Waals surface area contributed by atoms with E-state index in [2.05, 4.69) is 4.72 Å². The molecular weight excluding hydrogens is 320 g/mol. The number of carbonyl (C=O) groups is 1. The van der Waals surface area contributed by atoms with Crippen molar-refractivity contribution >= 4 is 15.9 Å². The molecule has 0 saturated carbocycles. The Bertz CT molecular complexity index is 679. The first kappa shape index (κ1) is 17.7. The molecular formula is C15H22N2O5S. The van der Waals surface area contributed by atoms with E-state index in [1.54, 1.807) is 40.1 Å². The molecule has 0 bridgehead atoms. The molecule has 1 unspecified atom stereocenters. The van der Waals surface area contributed by atoms with Crippen molar-refractivity contribution in [1.82, 2.24) is 9.62 Å². The lowest BCUT2D eigenvalue weighted by Gasteiger charge is -2.30. The third-order valence-corrected chi connectivity index (χ3v) is 5.51. The molecule has 0 aromatic heterocycles. The van der Waals surface area contributed by atoms with Gasteiger partial charge in [0.1, 0.15) is 12.4 Å². The standard InChI is InChI=1S/C15H22N2O5S/c1-10-5-12(21-4)6-11(2)15(10)23(19,20)16-7-13-8-17(3)14(18)9-22-13/h5-6,13,16H,7-9H2,1-4H3. The minimum absolute atomic E-state index is 0.0243. The molecule has 1 atom stereocenters. The van der Waals surface area contributed by atoms with Gasteiger partial charge in [-0.15, -0.1) is 0 Å². The van der Waals surface area contributed by atoms with Crippen LogP contribution in [0.25, 0.3) is 0 Å². The molecule has 1 aliphatic rings. The van der Waals surface area contributed by atoms with Crippen LogP contribution in [0, 0.1) is 13.8 Å². The average Bonchev–Trinajstić information content (AvgIpc) is 2.47. The van der Waals surface area contributed by atoms with Gasteiger partial charge in [0.2, 0.25) is 15.9 Å². The maximum atomic E-state index is 12.6. The quantitative estimate of drug-likeness (QED) is 0.840. The van der Waals surface area contributed by atoms with Gasteiger partial charge in [0.15, 0.2) is 0 Å². The summed E-state index contributed by atoms with van der Waals surface area (Å²) in [7, 11) is -0.455. The number of likely N-dealkylation sites (N-methyl/N-ethyl adjacent to an activating group) is 1. The molecule has 128 valence electrons. The van der Waals surface area contributed by atoms with Crippen molar-refractivity contribution in [3.8, 4) is 5.75 Å². The first-order valence-corrected chi connectivity index (χ1v) is 8.73. The summed E-state index contributed by atoms with van der Waals surface area (Å²) in [5, 5.41) is 0. The predicted molar refractivity (Wildman–Crippen MR) is 85.0 cm³/mol. The zero-order valence-electron chi connectivity index (χ0n) is 13.8. The minimum Gasteiger partial charge on any atom is -0.497 e. The molecule has 0 radical (unpaired) electrons. The van der Waals surface area contributed by atoms with Crippen molar-refractivity contribution in [2.75, 3.05) is 33.9 Å². The van der Waals surface area contributed by atoms with Crippen LogP contribution in [0.2, 0.25) is 0 Å². The summed E-state index contributed by atoms with van der Waals surface area (Å²) in [5.41, 5.74) is 1.23. The Kier molecular flexibility index (Phi) is 5.28. The summed E-state index contributed by atoms with van der Waals surface area (Å²) >= 11 is 0. The third-order valence-electron chi connectivity index (χ3n) is 3.79. The fourth-order valence-electron chi connectivity index (χ4n) is 2.61. The Morgan fingerprint density at radius 2 is 1.96 bits per heavy atom. The van der Waals surface area contributed by atoms with Crippen molar-refractivity contribution in [1.29, 1.82) is 0 Å². The fraction of sp³-hybridized carbons (Fsp3) is 0.533. The van der Waals surface area contributed by atoms with Gasteiger partial charge in [0, 0.05) is 20.1 Å². The second kappa shape index (κ2) is 6.86. The van der Waals surface area contributed by atoms with Gasteiger partial charge in [0.25, 0.3) is 0 Å². The van der Waals surface area contributed by atoms with Crippen LogP contribution in [0.15, 0.2) is 17.0 Å². The summed E-state index contributed by atoms with van der Waals surface area (Å²) < 4.78 is 38.2. The lowest BCUT2D eigenvalue weighted by atomic mass is 10.1. The van der Waals surface area contributed by atoms with Crippen LogP contribution in [0.1, 0.15) is 11.1 Å². The highest BCUT2D eigenvalue weighted by molar-refractivity contribution is 7.89. The molecule has 1 N–H and O–H groups in total. The number of aryl methyl sites for hydroxylation is 2. The average molecular weight is 342 g/mol. The number of morpholine rings is 1. The van der Waals surface area contributed by atoms with Crippen molar-refractivity contribution in [3.63, 3.8) is 0 Å². The second-order valence-electron chi connectivity index (χ2n) is 5.65. The number of nitrogens with one attached hydrogen (secondary N) is 1. The van der Waals surface area contributed by atoms with E-state index in [9.17, 15) is 13.2 Å². The smallest absolute Gasteiger partial charge is 0.248 e. The van der Waals surface area contributed by atoms with Crippen LogP contribution in [0.5, 0.6) is 5.75 Å². The maximum absolute atomic E-state index is 12.6. The van der Waals surface area contributed by atoms with Crippen LogP contribution in [0.4, 0.5) is 0 Å². The normalized spacial score (nSPS) is 19.0.